The zero-order valence-electron chi connectivity index (χ0n) is 19.3. The quantitative estimate of drug-likeness (QED) is 0.420. The molecule has 0 saturated heterocycles. The van der Waals surface area contributed by atoms with E-state index in [-0.39, 0.29) is 22.9 Å². The highest BCUT2D eigenvalue weighted by Crippen LogP contribution is 2.29. The Hall–Kier alpha value is -4.15. The topological polar surface area (TPSA) is 89.1 Å². The van der Waals surface area contributed by atoms with Crippen LogP contribution in [0.25, 0.3) is 22.6 Å². The van der Waals surface area contributed by atoms with Crippen LogP contribution in [0.1, 0.15) is 21.8 Å². The summed E-state index contributed by atoms with van der Waals surface area (Å²) >= 11 is 0. The minimum atomic E-state index is -4.74. The fraction of sp³-hybridized carbons (Fsp3) is 0.250. The van der Waals surface area contributed by atoms with Gasteiger partial charge in [-0.1, -0.05) is 47.1 Å². The SMILES string of the molecule is Cc1ccc(-c2cc(N(C)CCNC(=O)c3cccc(-c4noc(C(F)(F)F)n4)c3)n(C)n2)cc1. The molecule has 11 heteroatoms. The number of anilines is 1. The third-order valence-electron chi connectivity index (χ3n) is 5.38. The minimum Gasteiger partial charge on any atom is -0.358 e. The van der Waals surface area contributed by atoms with Crippen LogP contribution >= 0.6 is 0 Å². The van der Waals surface area contributed by atoms with Crippen molar-refractivity contribution >= 4 is 11.7 Å². The van der Waals surface area contributed by atoms with Gasteiger partial charge in [-0.05, 0) is 19.1 Å². The molecule has 35 heavy (non-hydrogen) atoms. The van der Waals surface area contributed by atoms with Gasteiger partial charge in [-0.3, -0.25) is 9.48 Å². The first-order valence-corrected chi connectivity index (χ1v) is 10.7. The summed E-state index contributed by atoms with van der Waals surface area (Å²) < 4.78 is 44.2. The summed E-state index contributed by atoms with van der Waals surface area (Å²) in [4.78, 5) is 17.9. The first-order valence-electron chi connectivity index (χ1n) is 10.7. The summed E-state index contributed by atoms with van der Waals surface area (Å²) in [6.07, 6.45) is -4.74. The van der Waals surface area contributed by atoms with Crippen molar-refractivity contribution in [2.24, 2.45) is 7.05 Å². The van der Waals surface area contributed by atoms with Crippen LogP contribution < -0.4 is 10.2 Å². The van der Waals surface area contributed by atoms with Gasteiger partial charge in [-0.25, -0.2) is 0 Å². The lowest BCUT2D eigenvalue weighted by Crippen LogP contribution is -2.33. The summed E-state index contributed by atoms with van der Waals surface area (Å²) in [5, 5.41) is 10.7. The van der Waals surface area contributed by atoms with Gasteiger partial charge in [-0.2, -0.15) is 23.3 Å². The van der Waals surface area contributed by atoms with Crippen molar-refractivity contribution in [1.82, 2.24) is 25.2 Å². The highest BCUT2D eigenvalue weighted by molar-refractivity contribution is 5.95. The Morgan fingerprint density at radius 3 is 2.54 bits per heavy atom. The van der Waals surface area contributed by atoms with Crippen molar-refractivity contribution in [2.75, 3.05) is 25.0 Å². The lowest BCUT2D eigenvalue weighted by atomic mass is 10.1. The second-order valence-electron chi connectivity index (χ2n) is 8.06. The van der Waals surface area contributed by atoms with Crippen molar-refractivity contribution in [3.8, 4) is 22.6 Å². The van der Waals surface area contributed by atoms with Gasteiger partial charge in [0.1, 0.15) is 5.82 Å². The standard InChI is InChI=1S/C24H23F3N6O2/c1-15-7-9-16(10-8-15)19-14-20(33(3)30-19)32(2)12-11-28-22(34)18-6-4-5-17(13-18)21-29-23(35-31-21)24(25,26)27/h4-10,13-14H,11-12H2,1-3H3,(H,28,34). The van der Waals surface area contributed by atoms with E-state index in [1.807, 2.05) is 56.3 Å². The first-order chi connectivity index (χ1) is 16.6. The van der Waals surface area contributed by atoms with E-state index in [2.05, 4.69) is 25.1 Å². The molecule has 0 unspecified atom stereocenters. The molecule has 1 amide bonds. The van der Waals surface area contributed by atoms with Gasteiger partial charge >= 0.3 is 12.1 Å². The number of aromatic nitrogens is 4. The van der Waals surface area contributed by atoms with Crippen molar-refractivity contribution in [3.05, 3.63) is 71.6 Å². The molecule has 0 atom stereocenters. The number of nitrogens with one attached hydrogen (secondary N) is 1. The molecule has 0 aliphatic rings. The largest absolute Gasteiger partial charge is 0.471 e. The molecule has 2 aromatic carbocycles. The predicted octanol–water partition coefficient (Wildman–Crippen LogP) is 4.33. The Morgan fingerprint density at radius 1 is 1.11 bits per heavy atom. The normalized spacial score (nSPS) is 11.5. The van der Waals surface area contributed by atoms with E-state index in [0.717, 1.165) is 17.1 Å². The monoisotopic (exact) mass is 484 g/mol. The number of hydrogen-bond donors (Lipinski definition) is 1. The third kappa shape index (κ3) is 5.51. The van der Waals surface area contributed by atoms with Crippen LogP contribution in [0.5, 0.6) is 0 Å². The second kappa shape index (κ2) is 9.61. The molecular formula is C24H23F3N6O2. The number of aryl methyl sites for hydroxylation is 2. The zero-order valence-corrected chi connectivity index (χ0v) is 19.3. The molecule has 4 aromatic rings. The second-order valence-corrected chi connectivity index (χ2v) is 8.06. The fourth-order valence-electron chi connectivity index (χ4n) is 3.49. The molecule has 2 aromatic heterocycles. The van der Waals surface area contributed by atoms with Crippen molar-refractivity contribution in [2.45, 2.75) is 13.1 Å². The lowest BCUT2D eigenvalue weighted by Gasteiger charge is -2.19. The third-order valence-corrected chi connectivity index (χ3v) is 5.38. The van der Waals surface area contributed by atoms with Crippen LogP contribution in [0, 0.1) is 6.92 Å². The predicted molar refractivity (Wildman–Crippen MR) is 124 cm³/mol. The lowest BCUT2D eigenvalue weighted by molar-refractivity contribution is -0.159. The van der Waals surface area contributed by atoms with Crippen LogP contribution in [0.2, 0.25) is 0 Å². The minimum absolute atomic E-state index is 0.243. The Balaban J connectivity index is 1.37. The highest BCUT2D eigenvalue weighted by atomic mass is 19.4. The summed E-state index contributed by atoms with van der Waals surface area (Å²) in [6, 6.07) is 16.1. The van der Waals surface area contributed by atoms with E-state index >= 15 is 0 Å². The number of nitrogens with zero attached hydrogens (tertiary/aromatic N) is 5. The van der Waals surface area contributed by atoms with Crippen LogP contribution in [-0.2, 0) is 13.2 Å². The fourth-order valence-corrected chi connectivity index (χ4v) is 3.49. The van der Waals surface area contributed by atoms with E-state index in [0.29, 0.717) is 13.1 Å². The maximum atomic E-state index is 12.7. The van der Waals surface area contributed by atoms with Gasteiger partial charge in [-0.15, -0.1) is 0 Å². The van der Waals surface area contributed by atoms with E-state index in [1.54, 1.807) is 16.8 Å². The molecule has 2 heterocycles. The van der Waals surface area contributed by atoms with Crippen molar-refractivity contribution < 1.29 is 22.5 Å². The number of rotatable bonds is 7. The Kier molecular flexibility index (Phi) is 6.59. The molecule has 0 saturated carbocycles. The van der Waals surface area contributed by atoms with E-state index < -0.39 is 12.1 Å². The van der Waals surface area contributed by atoms with Crippen LogP contribution in [-0.4, -0.2) is 46.0 Å². The first kappa shape index (κ1) is 24.0. The summed E-state index contributed by atoms with van der Waals surface area (Å²) in [5.41, 5.74) is 3.55. The van der Waals surface area contributed by atoms with Crippen molar-refractivity contribution in [3.63, 3.8) is 0 Å². The van der Waals surface area contributed by atoms with Gasteiger partial charge in [0.2, 0.25) is 5.82 Å². The Bertz CT molecular complexity index is 1330. The van der Waals surface area contributed by atoms with Gasteiger partial charge in [0.15, 0.2) is 0 Å². The number of amides is 1. The molecule has 0 aliphatic heterocycles. The maximum Gasteiger partial charge on any atom is 0.471 e. The number of alkyl halides is 3. The molecule has 8 nitrogen and oxygen atoms in total. The molecule has 0 bridgehead atoms. The van der Waals surface area contributed by atoms with Crippen LogP contribution in [0.4, 0.5) is 19.0 Å². The summed E-state index contributed by atoms with van der Waals surface area (Å²) in [5.74, 6) is -1.17. The molecule has 4 rings (SSSR count). The number of hydrogen-bond acceptors (Lipinski definition) is 6. The summed E-state index contributed by atoms with van der Waals surface area (Å²) in [7, 11) is 3.76. The van der Waals surface area contributed by atoms with Gasteiger partial charge in [0.05, 0.1) is 5.69 Å². The van der Waals surface area contributed by atoms with Crippen molar-refractivity contribution in [1.29, 1.82) is 0 Å². The Morgan fingerprint density at radius 2 is 1.86 bits per heavy atom. The maximum absolute atomic E-state index is 12.7. The van der Waals surface area contributed by atoms with E-state index in [9.17, 15) is 18.0 Å². The smallest absolute Gasteiger partial charge is 0.358 e. The van der Waals surface area contributed by atoms with E-state index in [1.165, 1.54) is 17.7 Å². The number of benzene rings is 2. The number of likely N-dealkylation sites (N-methyl/N-ethyl adjacent to an activating group) is 1. The molecule has 0 radical (unpaired) electrons. The molecule has 1 N–H and O–H groups in total. The number of carbonyl (C=O) groups excluding carboxylic acids is 1. The summed E-state index contributed by atoms with van der Waals surface area (Å²) in [6.45, 7) is 2.88. The number of carbonyl (C=O) groups is 1. The molecule has 182 valence electrons. The van der Waals surface area contributed by atoms with Gasteiger partial charge in [0, 0.05) is 49.9 Å². The zero-order chi connectivity index (χ0) is 25.2. The van der Waals surface area contributed by atoms with Crippen LogP contribution in [0.15, 0.2) is 59.1 Å². The van der Waals surface area contributed by atoms with Crippen LogP contribution in [0.3, 0.4) is 0 Å². The van der Waals surface area contributed by atoms with Gasteiger partial charge in [0.25, 0.3) is 5.91 Å². The molecule has 0 fully saturated rings. The molecular weight excluding hydrogens is 461 g/mol. The molecule has 0 spiro atoms. The van der Waals surface area contributed by atoms with Gasteiger partial charge < -0.3 is 14.7 Å². The Labute approximate surface area is 199 Å². The average Bonchev–Trinajstić information content (AvgIpc) is 3.47. The highest BCUT2D eigenvalue weighted by Gasteiger charge is 2.38. The average molecular weight is 484 g/mol. The molecule has 0 aliphatic carbocycles. The van der Waals surface area contributed by atoms with E-state index in [4.69, 9.17) is 0 Å². The number of halogens is 3.